The number of carbonyl (C=O) groups excluding carboxylic acids is 3. The minimum Gasteiger partial charge on any atom is -0.744 e. The highest BCUT2D eigenvalue weighted by molar-refractivity contribution is 14.1. The molecule has 12 heteroatoms. The van der Waals surface area contributed by atoms with Gasteiger partial charge in [0.25, 0.3) is 0 Å². The molecular formula is C28H26IO10S-. The summed E-state index contributed by atoms with van der Waals surface area (Å²) < 4.78 is 53.3. The van der Waals surface area contributed by atoms with Crippen molar-refractivity contribution in [3.05, 3.63) is 51.1 Å². The van der Waals surface area contributed by atoms with E-state index in [1.165, 1.54) is 24.3 Å². The number of hydrogen-bond donors (Lipinski definition) is 1. The normalized spacial score (nSPS) is 29.3. The van der Waals surface area contributed by atoms with Crippen molar-refractivity contribution in [2.75, 3.05) is 0 Å². The first kappa shape index (κ1) is 27.5. The number of esters is 3. The number of halogens is 1. The van der Waals surface area contributed by atoms with Crippen molar-refractivity contribution in [1.29, 1.82) is 0 Å². The third-order valence-electron chi connectivity index (χ3n) is 8.78. The predicted octanol–water partition coefficient (Wildman–Crippen LogP) is 3.89. The molecule has 2 aromatic rings. The monoisotopic (exact) mass is 681 g/mol. The molecule has 4 fully saturated rings. The quantitative estimate of drug-likeness (QED) is 0.206. The van der Waals surface area contributed by atoms with Crippen molar-refractivity contribution in [3.63, 3.8) is 0 Å². The van der Waals surface area contributed by atoms with Crippen molar-refractivity contribution >= 4 is 50.6 Å². The molecule has 0 aromatic heterocycles. The molecule has 3 saturated carbocycles. The van der Waals surface area contributed by atoms with Gasteiger partial charge in [0, 0.05) is 11.8 Å². The number of carbonyl (C=O) groups is 3. The van der Waals surface area contributed by atoms with E-state index in [2.05, 4.69) is 0 Å². The molecule has 2 bridgehead atoms. The highest BCUT2D eigenvalue weighted by atomic mass is 127. The molecule has 2 aromatic carbocycles. The van der Waals surface area contributed by atoms with Crippen LogP contribution in [-0.4, -0.2) is 48.2 Å². The van der Waals surface area contributed by atoms with Crippen LogP contribution in [0.3, 0.4) is 0 Å². The maximum absolute atomic E-state index is 13.5. The second-order valence-electron chi connectivity index (χ2n) is 10.9. The molecule has 3 aliphatic carbocycles. The predicted molar refractivity (Wildman–Crippen MR) is 144 cm³/mol. The zero-order valence-electron chi connectivity index (χ0n) is 21.2. The lowest BCUT2D eigenvalue weighted by molar-refractivity contribution is -0.149. The molecule has 10 nitrogen and oxygen atoms in total. The number of rotatable bonds is 6. The number of fused-ring (bicyclic) bond motifs is 1. The first-order valence-corrected chi connectivity index (χ1v) is 15.7. The van der Waals surface area contributed by atoms with Crippen LogP contribution >= 0.6 is 22.6 Å². The Kier molecular flexibility index (Phi) is 7.06. The third-order valence-corrected chi connectivity index (χ3v) is 10.6. The van der Waals surface area contributed by atoms with Gasteiger partial charge in [-0.2, -0.15) is 0 Å². The number of hydrogen-bond acceptors (Lipinski definition) is 10. The van der Waals surface area contributed by atoms with Gasteiger partial charge >= 0.3 is 17.9 Å². The van der Waals surface area contributed by atoms with Crippen molar-refractivity contribution in [2.24, 2.45) is 23.7 Å². The van der Waals surface area contributed by atoms with Gasteiger partial charge in [-0.15, -0.1) is 0 Å². The Hall–Kier alpha value is -2.71. The Balaban J connectivity index is 1.25. The summed E-state index contributed by atoms with van der Waals surface area (Å²) in [7, 11) is -4.73. The molecule has 0 radical (unpaired) electrons. The Morgan fingerprint density at radius 2 is 1.82 bits per heavy atom. The molecule has 4 aliphatic rings. The smallest absolute Gasteiger partial charge is 0.342 e. The number of aromatic hydroxyl groups is 1. The van der Waals surface area contributed by atoms with Crippen LogP contribution in [0.4, 0.5) is 0 Å². The molecule has 6 atom stereocenters. The summed E-state index contributed by atoms with van der Waals surface area (Å²) in [5.74, 6) is -4.83. The first-order chi connectivity index (χ1) is 19.0. The molecule has 1 aliphatic heterocycles. The zero-order valence-corrected chi connectivity index (χ0v) is 24.1. The van der Waals surface area contributed by atoms with Gasteiger partial charge in [-0.1, -0.05) is 25.3 Å². The van der Waals surface area contributed by atoms with E-state index in [1.807, 2.05) is 22.6 Å². The van der Waals surface area contributed by atoms with E-state index in [-0.39, 0.29) is 33.8 Å². The average molecular weight is 681 g/mol. The summed E-state index contributed by atoms with van der Waals surface area (Å²) in [6.45, 7) is 0. The fourth-order valence-electron chi connectivity index (χ4n) is 7.07. The van der Waals surface area contributed by atoms with E-state index in [4.69, 9.17) is 14.2 Å². The largest absolute Gasteiger partial charge is 0.744 e. The molecule has 1 N–H and O–H groups in total. The summed E-state index contributed by atoms with van der Waals surface area (Å²) in [5.41, 5.74) is 0.315. The van der Waals surface area contributed by atoms with E-state index in [9.17, 15) is 32.5 Å². The Morgan fingerprint density at radius 3 is 2.55 bits per heavy atom. The number of phenols is 1. The van der Waals surface area contributed by atoms with Gasteiger partial charge in [-0.3, -0.25) is 9.59 Å². The summed E-state index contributed by atoms with van der Waals surface area (Å²) in [5, 5.41) is 10.3. The van der Waals surface area contributed by atoms with Crippen LogP contribution in [0.5, 0.6) is 11.5 Å². The Labute approximate surface area is 244 Å². The van der Waals surface area contributed by atoms with E-state index < -0.39 is 58.0 Å². The van der Waals surface area contributed by atoms with Crippen LogP contribution in [0.2, 0.25) is 0 Å². The molecular weight excluding hydrogens is 655 g/mol. The maximum atomic E-state index is 13.5. The Bertz CT molecular complexity index is 1500. The summed E-state index contributed by atoms with van der Waals surface area (Å²) in [6, 6.07) is 8.56. The number of phenolic OH excluding ortho intramolecular Hbond substituents is 1. The highest BCUT2D eigenvalue weighted by Gasteiger charge is 2.70. The second-order valence-corrected chi connectivity index (χ2v) is 13.4. The van der Waals surface area contributed by atoms with E-state index in [0.29, 0.717) is 15.6 Å². The lowest BCUT2D eigenvalue weighted by Crippen LogP contribution is -2.44. The molecule has 40 heavy (non-hydrogen) atoms. The van der Waals surface area contributed by atoms with E-state index in [0.717, 1.165) is 32.1 Å². The SMILES string of the molecule is O=C(OC1C2CC3C1OC(=O)C3C2C(=O)Oc1ccc(S(=O)(=O)[O-])c(C2CCCCC2)c1)c1cccc(I)c1O. The molecule has 0 amide bonds. The topological polar surface area (TPSA) is 156 Å². The first-order valence-electron chi connectivity index (χ1n) is 13.2. The van der Waals surface area contributed by atoms with Gasteiger partial charge in [0.15, 0.2) is 0 Å². The molecule has 0 spiro atoms. The van der Waals surface area contributed by atoms with Gasteiger partial charge in [0.1, 0.15) is 39.4 Å². The second kappa shape index (κ2) is 10.3. The molecule has 1 saturated heterocycles. The molecule has 6 unspecified atom stereocenters. The van der Waals surface area contributed by atoms with Gasteiger partial charge in [0.2, 0.25) is 0 Å². The summed E-state index contributed by atoms with van der Waals surface area (Å²) in [4.78, 5) is 38.9. The standard InChI is InChI=1S/C28H27IO10S/c29-19-8-4-7-15(23(19)30)26(31)38-24-17-12-18-22(28(33)39-25(18)24)21(17)27(32)37-14-9-10-20(40(34,35)36)16(11-14)13-5-2-1-3-6-13/h4,7-11,13,17-18,21-22,24-25,30H,1-3,5-6,12H2,(H,34,35,36)/p-1. The molecule has 1 heterocycles. The lowest BCUT2D eigenvalue weighted by atomic mass is 9.78. The lowest BCUT2D eigenvalue weighted by Gasteiger charge is -2.30. The molecule has 212 valence electrons. The van der Waals surface area contributed by atoms with E-state index >= 15 is 0 Å². The fraction of sp³-hybridized carbons (Fsp3) is 0.464. The van der Waals surface area contributed by atoms with E-state index in [1.54, 1.807) is 12.1 Å². The van der Waals surface area contributed by atoms with Crippen molar-refractivity contribution < 1.29 is 46.7 Å². The van der Waals surface area contributed by atoms with Crippen LogP contribution in [0.25, 0.3) is 0 Å². The maximum Gasteiger partial charge on any atom is 0.342 e. The number of ether oxygens (including phenoxy) is 3. The van der Waals surface area contributed by atoms with Crippen LogP contribution in [0.15, 0.2) is 41.3 Å². The van der Waals surface area contributed by atoms with Gasteiger partial charge in [-0.05, 0) is 83.7 Å². The highest BCUT2D eigenvalue weighted by Crippen LogP contribution is 2.59. The van der Waals surface area contributed by atoms with Crippen LogP contribution in [0, 0.1) is 27.2 Å². The van der Waals surface area contributed by atoms with Crippen molar-refractivity contribution in [3.8, 4) is 11.5 Å². The van der Waals surface area contributed by atoms with Crippen LogP contribution < -0.4 is 4.74 Å². The molecule has 6 rings (SSSR count). The minimum absolute atomic E-state index is 0.0293. The number of para-hydroxylation sites is 1. The minimum atomic E-state index is -4.73. The van der Waals surface area contributed by atoms with Crippen LogP contribution in [0.1, 0.15) is 60.4 Å². The van der Waals surface area contributed by atoms with Gasteiger partial charge < -0.3 is 23.9 Å². The van der Waals surface area contributed by atoms with Gasteiger partial charge in [-0.25, -0.2) is 13.2 Å². The van der Waals surface area contributed by atoms with Crippen LogP contribution in [-0.2, 0) is 29.2 Å². The fourth-order valence-corrected chi connectivity index (χ4v) is 8.32. The Morgan fingerprint density at radius 1 is 1.07 bits per heavy atom. The summed E-state index contributed by atoms with van der Waals surface area (Å²) in [6.07, 6.45) is 3.16. The number of benzene rings is 2. The van der Waals surface area contributed by atoms with Crippen molar-refractivity contribution in [2.45, 2.75) is 61.5 Å². The third kappa shape index (κ3) is 4.67. The zero-order chi connectivity index (χ0) is 28.3. The van der Waals surface area contributed by atoms with Gasteiger partial charge in [0.05, 0.1) is 20.3 Å². The summed E-state index contributed by atoms with van der Waals surface area (Å²) >= 11 is 1.89. The van der Waals surface area contributed by atoms with Crippen molar-refractivity contribution in [1.82, 2.24) is 0 Å². The average Bonchev–Trinajstić information content (AvgIpc) is 3.54.